The minimum atomic E-state index is 0.638. The first-order chi connectivity index (χ1) is 7.74. The van der Waals surface area contributed by atoms with Crippen LogP contribution in [0.15, 0.2) is 18.2 Å². The molecule has 0 saturated carbocycles. The van der Waals surface area contributed by atoms with Crippen LogP contribution in [0.3, 0.4) is 0 Å². The summed E-state index contributed by atoms with van der Waals surface area (Å²) in [7, 11) is 0. The third kappa shape index (κ3) is 1.46. The van der Waals surface area contributed by atoms with Crippen molar-refractivity contribution in [3.05, 3.63) is 28.6 Å². The number of thiazole rings is 1. The van der Waals surface area contributed by atoms with Crippen LogP contribution in [0.25, 0.3) is 11.3 Å². The van der Waals surface area contributed by atoms with Crippen LogP contribution in [0.5, 0.6) is 5.75 Å². The first kappa shape index (κ1) is 9.66. The second kappa shape index (κ2) is 3.49. The molecule has 0 atom stereocenters. The van der Waals surface area contributed by atoms with Gasteiger partial charge in [0.25, 0.3) is 0 Å². The Balaban J connectivity index is 2.27. The minimum Gasteiger partial charge on any atom is -0.493 e. The number of anilines is 1. The Labute approximate surface area is 97.9 Å². The molecular formula is C12H12N2OS. The molecule has 3 rings (SSSR count). The van der Waals surface area contributed by atoms with Crippen LogP contribution in [-0.4, -0.2) is 11.6 Å². The summed E-state index contributed by atoms with van der Waals surface area (Å²) in [5.41, 5.74) is 9.05. The molecular weight excluding hydrogens is 220 g/mol. The molecule has 0 saturated heterocycles. The molecule has 0 amide bonds. The number of hydrogen-bond acceptors (Lipinski definition) is 4. The Kier molecular flexibility index (Phi) is 2.11. The first-order valence-corrected chi connectivity index (χ1v) is 6.05. The van der Waals surface area contributed by atoms with E-state index in [1.807, 2.05) is 6.07 Å². The lowest BCUT2D eigenvalue weighted by atomic mass is 10.1. The zero-order valence-corrected chi connectivity index (χ0v) is 9.80. The molecule has 0 radical (unpaired) electrons. The van der Waals surface area contributed by atoms with Gasteiger partial charge in [-0.3, -0.25) is 0 Å². The second-order valence-corrected chi connectivity index (χ2v) is 5.04. The smallest absolute Gasteiger partial charge is 0.180 e. The number of nitrogens with two attached hydrogens (primary N) is 1. The van der Waals surface area contributed by atoms with E-state index < -0.39 is 0 Å². The Bertz CT molecular complexity index is 548. The van der Waals surface area contributed by atoms with E-state index in [0.717, 1.165) is 23.4 Å². The van der Waals surface area contributed by atoms with Crippen molar-refractivity contribution < 1.29 is 4.74 Å². The molecule has 0 spiro atoms. The third-order valence-corrected chi connectivity index (χ3v) is 3.64. The summed E-state index contributed by atoms with van der Waals surface area (Å²) in [4.78, 5) is 5.63. The van der Waals surface area contributed by atoms with Crippen molar-refractivity contribution in [2.45, 2.75) is 13.3 Å². The fraction of sp³-hybridized carbons (Fsp3) is 0.250. The number of hydrogen-bond donors (Lipinski definition) is 1. The molecule has 82 valence electrons. The standard InChI is InChI=1S/C12H12N2OS/c1-7-2-3-9-8(6-7)11-10(4-5-15-9)16-12(13)14-11/h2-3,6H,4-5H2,1H3,(H2,13,14). The highest BCUT2D eigenvalue weighted by Gasteiger charge is 2.19. The van der Waals surface area contributed by atoms with E-state index >= 15 is 0 Å². The van der Waals surface area contributed by atoms with E-state index in [-0.39, 0.29) is 0 Å². The number of ether oxygens (including phenoxy) is 1. The monoisotopic (exact) mass is 232 g/mol. The topological polar surface area (TPSA) is 48.1 Å². The lowest BCUT2D eigenvalue weighted by molar-refractivity contribution is 0.327. The zero-order valence-electron chi connectivity index (χ0n) is 8.99. The molecule has 0 fully saturated rings. The van der Waals surface area contributed by atoms with Gasteiger partial charge in [-0.2, -0.15) is 0 Å². The Morgan fingerprint density at radius 2 is 2.31 bits per heavy atom. The molecule has 1 aromatic heterocycles. The molecule has 1 aromatic carbocycles. The molecule has 16 heavy (non-hydrogen) atoms. The first-order valence-electron chi connectivity index (χ1n) is 5.23. The maximum atomic E-state index is 5.77. The lowest BCUT2D eigenvalue weighted by Gasteiger charge is -2.07. The lowest BCUT2D eigenvalue weighted by Crippen LogP contribution is -1.97. The second-order valence-electron chi connectivity index (χ2n) is 3.92. The van der Waals surface area contributed by atoms with Crippen molar-refractivity contribution in [3.63, 3.8) is 0 Å². The molecule has 2 heterocycles. The summed E-state index contributed by atoms with van der Waals surface area (Å²) >= 11 is 1.56. The molecule has 1 aliphatic rings. The molecule has 0 bridgehead atoms. The SMILES string of the molecule is Cc1ccc2c(c1)-c1nc(N)sc1CCO2. The van der Waals surface area contributed by atoms with Gasteiger partial charge in [0.15, 0.2) is 5.13 Å². The van der Waals surface area contributed by atoms with Gasteiger partial charge in [-0.1, -0.05) is 11.6 Å². The van der Waals surface area contributed by atoms with Gasteiger partial charge in [-0.05, 0) is 19.1 Å². The van der Waals surface area contributed by atoms with E-state index in [0.29, 0.717) is 11.7 Å². The molecule has 0 aliphatic carbocycles. The predicted molar refractivity (Wildman–Crippen MR) is 65.9 cm³/mol. The summed E-state index contributed by atoms with van der Waals surface area (Å²) in [6.45, 7) is 2.77. The maximum absolute atomic E-state index is 5.77. The van der Waals surface area contributed by atoms with Gasteiger partial charge in [0.1, 0.15) is 5.75 Å². The summed E-state index contributed by atoms with van der Waals surface area (Å²) in [5.74, 6) is 0.912. The van der Waals surface area contributed by atoms with Gasteiger partial charge in [0, 0.05) is 16.9 Å². The third-order valence-electron chi connectivity index (χ3n) is 2.69. The van der Waals surface area contributed by atoms with Gasteiger partial charge in [0.2, 0.25) is 0 Å². The number of aryl methyl sites for hydroxylation is 1. The van der Waals surface area contributed by atoms with E-state index in [1.165, 1.54) is 10.4 Å². The normalized spacial score (nSPS) is 13.6. The minimum absolute atomic E-state index is 0.638. The maximum Gasteiger partial charge on any atom is 0.180 e. The van der Waals surface area contributed by atoms with E-state index in [4.69, 9.17) is 10.5 Å². The summed E-state index contributed by atoms with van der Waals surface area (Å²) in [6, 6.07) is 6.17. The van der Waals surface area contributed by atoms with Gasteiger partial charge in [-0.15, -0.1) is 11.3 Å². The summed E-state index contributed by atoms with van der Waals surface area (Å²) < 4.78 is 5.71. The average molecular weight is 232 g/mol. The van der Waals surface area contributed by atoms with Crippen LogP contribution in [0.2, 0.25) is 0 Å². The number of nitrogen functional groups attached to an aromatic ring is 1. The van der Waals surface area contributed by atoms with Crippen molar-refractivity contribution in [1.29, 1.82) is 0 Å². The number of benzene rings is 1. The summed E-state index contributed by atoms with van der Waals surface area (Å²) in [5, 5.41) is 0.638. The number of fused-ring (bicyclic) bond motifs is 3. The van der Waals surface area contributed by atoms with Crippen LogP contribution >= 0.6 is 11.3 Å². The van der Waals surface area contributed by atoms with E-state index in [1.54, 1.807) is 11.3 Å². The molecule has 2 aromatic rings. The number of aromatic nitrogens is 1. The van der Waals surface area contributed by atoms with Crippen molar-refractivity contribution in [3.8, 4) is 17.0 Å². The molecule has 2 N–H and O–H groups in total. The van der Waals surface area contributed by atoms with Crippen LogP contribution in [0.4, 0.5) is 5.13 Å². The van der Waals surface area contributed by atoms with Gasteiger partial charge >= 0.3 is 0 Å². The highest BCUT2D eigenvalue weighted by atomic mass is 32.1. The molecule has 3 nitrogen and oxygen atoms in total. The van der Waals surface area contributed by atoms with Crippen molar-refractivity contribution in [2.24, 2.45) is 0 Å². The fourth-order valence-corrected chi connectivity index (χ4v) is 2.79. The van der Waals surface area contributed by atoms with Crippen molar-refractivity contribution in [2.75, 3.05) is 12.3 Å². The molecule has 4 heteroatoms. The molecule has 0 unspecified atom stereocenters. The van der Waals surface area contributed by atoms with Gasteiger partial charge in [-0.25, -0.2) is 4.98 Å². The van der Waals surface area contributed by atoms with Crippen LogP contribution < -0.4 is 10.5 Å². The highest BCUT2D eigenvalue weighted by molar-refractivity contribution is 7.15. The van der Waals surface area contributed by atoms with Crippen molar-refractivity contribution >= 4 is 16.5 Å². The quantitative estimate of drug-likeness (QED) is 0.759. The van der Waals surface area contributed by atoms with Crippen molar-refractivity contribution in [1.82, 2.24) is 4.98 Å². The largest absolute Gasteiger partial charge is 0.493 e. The van der Waals surface area contributed by atoms with E-state index in [9.17, 15) is 0 Å². The highest BCUT2D eigenvalue weighted by Crippen LogP contribution is 2.38. The van der Waals surface area contributed by atoms with E-state index in [2.05, 4.69) is 24.0 Å². The Morgan fingerprint density at radius 1 is 1.44 bits per heavy atom. The van der Waals surface area contributed by atoms with Gasteiger partial charge < -0.3 is 10.5 Å². The zero-order chi connectivity index (χ0) is 11.1. The Morgan fingerprint density at radius 3 is 3.19 bits per heavy atom. The predicted octanol–water partition coefficient (Wildman–Crippen LogP) is 2.64. The molecule has 1 aliphatic heterocycles. The van der Waals surface area contributed by atoms with Crippen LogP contribution in [0.1, 0.15) is 10.4 Å². The number of rotatable bonds is 0. The Hall–Kier alpha value is -1.55. The fourth-order valence-electron chi connectivity index (χ4n) is 1.96. The van der Waals surface area contributed by atoms with Crippen LogP contribution in [0, 0.1) is 6.92 Å². The average Bonchev–Trinajstić information content (AvgIpc) is 2.54. The number of nitrogens with zero attached hydrogens (tertiary/aromatic N) is 1. The summed E-state index contributed by atoms with van der Waals surface area (Å²) in [6.07, 6.45) is 0.887. The van der Waals surface area contributed by atoms with Gasteiger partial charge in [0.05, 0.1) is 12.3 Å². The van der Waals surface area contributed by atoms with Crippen LogP contribution in [-0.2, 0) is 6.42 Å².